The van der Waals surface area contributed by atoms with Gasteiger partial charge in [-0.1, -0.05) is 26.7 Å². The average Bonchev–Trinajstić information content (AvgIpc) is 3.63. The van der Waals surface area contributed by atoms with E-state index in [1.54, 1.807) is 6.07 Å². The Balaban J connectivity index is 1.20. The predicted octanol–water partition coefficient (Wildman–Crippen LogP) is 6.64. The molecule has 41 heavy (non-hydrogen) atoms. The fourth-order valence-corrected chi connectivity index (χ4v) is 6.65. The number of pyridine rings is 1. The third kappa shape index (κ3) is 5.49. The van der Waals surface area contributed by atoms with Gasteiger partial charge in [0.2, 0.25) is 5.95 Å². The molecule has 1 saturated carbocycles. The van der Waals surface area contributed by atoms with Gasteiger partial charge in [-0.2, -0.15) is 0 Å². The molecule has 3 aromatic heterocycles. The Labute approximate surface area is 239 Å². The molecular weight excluding hydrogens is 522 g/mol. The van der Waals surface area contributed by atoms with E-state index in [1.807, 2.05) is 25.3 Å². The Hall–Kier alpha value is -3.66. The summed E-state index contributed by atoms with van der Waals surface area (Å²) in [6, 6.07) is 7.94. The number of benzene rings is 1. The van der Waals surface area contributed by atoms with E-state index in [1.165, 1.54) is 6.07 Å². The van der Waals surface area contributed by atoms with Gasteiger partial charge in [0.15, 0.2) is 11.6 Å². The monoisotopic (exact) mass is 560 g/mol. The van der Waals surface area contributed by atoms with E-state index in [0.29, 0.717) is 28.5 Å². The van der Waals surface area contributed by atoms with Crippen LogP contribution in [0.2, 0.25) is 0 Å². The van der Waals surface area contributed by atoms with Gasteiger partial charge in [0.25, 0.3) is 0 Å². The van der Waals surface area contributed by atoms with E-state index >= 15 is 4.39 Å². The Morgan fingerprint density at radius 2 is 1.68 bits per heavy atom. The highest BCUT2D eigenvalue weighted by atomic mass is 19.1. The summed E-state index contributed by atoms with van der Waals surface area (Å²) in [5, 5.41) is 3.08. The fourth-order valence-electron chi connectivity index (χ4n) is 6.65. The number of rotatable bonds is 8. The lowest BCUT2D eigenvalue weighted by Crippen LogP contribution is -2.44. The van der Waals surface area contributed by atoms with Crippen molar-refractivity contribution in [3.05, 3.63) is 54.1 Å². The number of fused-ring (bicyclic) bond motifs is 1. The molecule has 0 radical (unpaired) electrons. The number of halogens is 2. The maximum atomic E-state index is 15.2. The van der Waals surface area contributed by atoms with Crippen LogP contribution in [-0.2, 0) is 0 Å². The number of hydrogen-bond donors (Lipinski definition) is 1. The van der Waals surface area contributed by atoms with E-state index in [0.717, 1.165) is 82.4 Å². The number of piperidine rings is 1. The Morgan fingerprint density at radius 1 is 0.927 bits per heavy atom. The molecule has 1 aliphatic carbocycles. The molecule has 0 unspecified atom stereocenters. The SMILES string of the molecule is CCN(CC)C1CCN(c2ccc(Nc3ncc(F)c(-c4cc(F)c5nc(C)n(C6CCCC6)c5c4)n3)nc2)CC1. The zero-order valence-electron chi connectivity index (χ0n) is 24.1. The maximum absolute atomic E-state index is 15.2. The highest BCUT2D eigenvalue weighted by Gasteiger charge is 2.25. The molecular formula is C31H38F2N8. The summed E-state index contributed by atoms with van der Waals surface area (Å²) in [5.41, 5.74) is 2.45. The summed E-state index contributed by atoms with van der Waals surface area (Å²) in [6.07, 6.45) is 9.60. The van der Waals surface area contributed by atoms with Crippen LogP contribution in [0.25, 0.3) is 22.3 Å². The second-order valence-corrected chi connectivity index (χ2v) is 11.1. The van der Waals surface area contributed by atoms with Crippen molar-refractivity contribution >= 4 is 28.5 Å². The van der Waals surface area contributed by atoms with E-state index < -0.39 is 11.6 Å². The number of hydrogen-bond acceptors (Lipinski definition) is 7. The lowest BCUT2D eigenvalue weighted by atomic mass is 10.0. The van der Waals surface area contributed by atoms with Crippen molar-refractivity contribution in [3.63, 3.8) is 0 Å². The second-order valence-electron chi connectivity index (χ2n) is 11.1. The highest BCUT2D eigenvalue weighted by molar-refractivity contribution is 5.83. The Kier molecular flexibility index (Phi) is 7.84. The molecule has 2 aliphatic rings. The quantitative estimate of drug-likeness (QED) is 0.259. The lowest BCUT2D eigenvalue weighted by molar-refractivity contribution is 0.186. The number of anilines is 3. The van der Waals surface area contributed by atoms with Crippen molar-refractivity contribution in [1.82, 2.24) is 29.4 Å². The summed E-state index contributed by atoms with van der Waals surface area (Å²) >= 11 is 0. The maximum Gasteiger partial charge on any atom is 0.229 e. The molecule has 8 nitrogen and oxygen atoms in total. The standard InChI is InChI=1S/C31H38F2N8/c1-4-39(5-2)22-12-14-40(15-13-22)24-10-11-28(34-18-24)37-31-35-19-26(33)29(38-31)21-16-25(32)30-27(17-21)41(20(3)36-30)23-8-6-7-9-23/h10-11,16-19,22-23H,4-9,12-15H2,1-3H3,(H,34,35,37,38). The molecule has 10 heteroatoms. The average molecular weight is 561 g/mol. The molecule has 4 heterocycles. The topological polar surface area (TPSA) is 75.0 Å². The van der Waals surface area contributed by atoms with Crippen molar-refractivity contribution < 1.29 is 8.78 Å². The third-order valence-corrected chi connectivity index (χ3v) is 8.78. The van der Waals surface area contributed by atoms with Crippen LogP contribution in [0, 0.1) is 18.6 Å². The van der Waals surface area contributed by atoms with Gasteiger partial charge < -0.3 is 19.7 Å². The van der Waals surface area contributed by atoms with Crippen LogP contribution in [0.4, 0.5) is 26.2 Å². The molecule has 1 aliphatic heterocycles. The normalized spacial score (nSPS) is 16.8. The Bertz CT molecular complexity index is 1500. The fraction of sp³-hybridized carbons (Fsp3) is 0.484. The first-order valence-electron chi connectivity index (χ1n) is 14.9. The minimum Gasteiger partial charge on any atom is -0.370 e. The smallest absolute Gasteiger partial charge is 0.229 e. The van der Waals surface area contributed by atoms with E-state index in [-0.39, 0.29) is 17.7 Å². The largest absolute Gasteiger partial charge is 0.370 e. The van der Waals surface area contributed by atoms with Crippen LogP contribution in [0.3, 0.4) is 0 Å². The summed E-state index contributed by atoms with van der Waals surface area (Å²) in [7, 11) is 0. The van der Waals surface area contributed by atoms with Crippen LogP contribution in [0.15, 0.2) is 36.7 Å². The predicted molar refractivity (Wildman–Crippen MR) is 159 cm³/mol. The van der Waals surface area contributed by atoms with Crippen LogP contribution >= 0.6 is 0 Å². The first-order valence-corrected chi connectivity index (χ1v) is 14.9. The molecule has 1 aromatic carbocycles. The molecule has 0 spiro atoms. The molecule has 2 fully saturated rings. The summed E-state index contributed by atoms with van der Waals surface area (Å²) in [5.74, 6) is 0.428. The first kappa shape index (κ1) is 27.5. The van der Waals surface area contributed by atoms with Crippen LogP contribution in [0.1, 0.15) is 64.2 Å². The molecule has 0 atom stereocenters. The van der Waals surface area contributed by atoms with Crippen molar-refractivity contribution in [2.75, 3.05) is 36.4 Å². The van der Waals surface area contributed by atoms with Crippen molar-refractivity contribution in [2.45, 2.75) is 71.4 Å². The molecule has 1 N–H and O–H groups in total. The van der Waals surface area contributed by atoms with Gasteiger partial charge in [-0.3, -0.25) is 0 Å². The lowest BCUT2D eigenvalue weighted by Gasteiger charge is -2.38. The number of nitrogens with one attached hydrogen (secondary N) is 1. The summed E-state index contributed by atoms with van der Waals surface area (Å²) in [6.45, 7) is 10.5. The van der Waals surface area contributed by atoms with Gasteiger partial charge in [-0.15, -0.1) is 0 Å². The van der Waals surface area contributed by atoms with Gasteiger partial charge in [0.05, 0.1) is 23.6 Å². The number of imidazole rings is 1. The number of aromatic nitrogens is 5. The van der Waals surface area contributed by atoms with Gasteiger partial charge in [-0.05, 0) is 70.0 Å². The van der Waals surface area contributed by atoms with Gasteiger partial charge in [0, 0.05) is 30.7 Å². The van der Waals surface area contributed by atoms with Crippen LogP contribution < -0.4 is 10.2 Å². The number of aryl methyl sites for hydroxylation is 1. The van der Waals surface area contributed by atoms with Crippen molar-refractivity contribution in [1.29, 1.82) is 0 Å². The molecule has 1 saturated heterocycles. The number of nitrogens with zero attached hydrogens (tertiary/aromatic N) is 7. The third-order valence-electron chi connectivity index (χ3n) is 8.78. The molecule has 6 rings (SSSR count). The molecule has 4 aromatic rings. The van der Waals surface area contributed by atoms with Crippen LogP contribution in [0.5, 0.6) is 0 Å². The van der Waals surface area contributed by atoms with Gasteiger partial charge in [0.1, 0.15) is 22.9 Å². The van der Waals surface area contributed by atoms with Crippen molar-refractivity contribution in [2.24, 2.45) is 0 Å². The molecule has 216 valence electrons. The van der Waals surface area contributed by atoms with Gasteiger partial charge in [-0.25, -0.2) is 28.7 Å². The van der Waals surface area contributed by atoms with E-state index in [9.17, 15) is 4.39 Å². The minimum atomic E-state index is -0.616. The van der Waals surface area contributed by atoms with E-state index in [2.05, 4.69) is 53.5 Å². The molecule has 0 bridgehead atoms. The second kappa shape index (κ2) is 11.7. The Morgan fingerprint density at radius 3 is 2.37 bits per heavy atom. The highest BCUT2D eigenvalue weighted by Crippen LogP contribution is 2.36. The van der Waals surface area contributed by atoms with Crippen LogP contribution in [-0.4, -0.2) is 61.6 Å². The molecule has 0 amide bonds. The zero-order valence-corrected chi connectivity index (χ0v) is 24.1. The first-order chi connectivity index (χ1) is 19.9. The minimum absolute atomic E-state index is 0.0350. The summed E-state index contributed by atoms with van der Waals surface area (Å²) < 4.78 is 32.3. The van der Waals surface area contributed by atoms with Crippen molar-refractivity contribution in [3.8, 4) is 11.3 Å². The zero-order chi connectivity index (χ0) is 28.5. The van der Waals surface area contributed by atoms with E-state index in [4.69, 9.17) is 0 Å². The van der Waals surface area contributed by atoms with Gasteiger partial charge >= 0.3 is 0 Å². The summed E-state index contributed by atoms with van der Waals surface area (Å²) in [4.78, 5) is 22.5.